The second kappa shape index (κ2) is 9.22. The van der Waals surface area contributed by atoms with Crippen LogP contribution in [0.4, 0.5) is 0 Å². The summed E-state index contributed by atoms with van der Waals surface area (Å²) in [5.41, 5.74) is 2.98. The summed E-state index contributed by atoms with van der Waals surface area (Å²) in [6.07, 6.45) is 4.57. The Morgan fingerprint density at radius 3 is 2.89 bits per heavy atom. The minimum Gasteiger partial charge on any atom is -0.356 e. The maximum absolute atomic E-state index is 4.23. The van der Waals surface area contributed by atoms with Crippen LogP contribution in [0.5, 0.6) is 0 Å². The molecular weight excluding hydrogens is 264 g/mol. The highest BCUT2D eigenvalue weighted by atomic mass is 32.2. The molecule has 0 aliphatic heterocycles. The van der Waals surface area contributed by atoms with Gasteiger partial charge in [0, 0.05) is 18.5 Å². The number of hydrogen-bond acceptors (Lipinski definition) is 4. The number of nitrogens with zero attached hydrogens (tertiary/aromatic N) is 2. The lowest BCUT2D eigenvalue weighted by Gasteiger charge is -2.11. The third-order valence-electron chi connectivity index (χ3n) is 2.55. The molecule has 0 saturated carbocycles. The lowest BCUT2D eigenvalue weighted by atomic mass is 10.3. The van der Waals surface area contributed by atoms with Crippen molar-refractivity contribution < 1.29 is 0 Å². The highest BCUT2D eigenvalue weighted by Gasteiger charge is 2.02. The number of rotatable bonds is 7. The maximum Gasteiger partial charge on any atom is 0.191 e. The van der Waals surface area contributed by atoms with E-state index in [0.29, 0.717) is 0 Å². The Bertz CT molecular complexity index is 363. The van der Waals surface area contributed by atoms with Gasteiger partial charge in [0.05, 0.1) is 17.7 Å². The zero-order chi connectivity index (χ0) is 13.2. The molecule has 0 spiro atoms. The van der Waals surface area contributed by atoms with Crippen molar-refractivity contribution in [1.82, 2.24) is 15.6 Å². The first kappa shape index (κ1) is 15.3. The van der Waals surface area contributed by atoms with Crippen molar-refractivity contribution in [2.75, 3.05) is 25.6 Å². The molecule has 0 unspecified atom stereocenters. The average molecular weight is 286 g/mol. The van der Waals surface area contributed by atoms with Gasteiger partial charge in [0.1, 0.15) is 0 Å². The number of hydrogen-bond donors (Lipinski definition) is 2. The molecule has 0 aliphatic rings. The normalized spacial score (nSPS) is 11.6. The standard InChI is InChI=1S/C12H22N4S2/c1-10-11(18-9-16-10)8-15-12(13-2)14-6-4-5-7-17-3/h9H,4-8H2,1-3H3,(H2,13,14,15). The zero-order valence-electron chi connectivity index (χ0n) is 11.3. The molecule has 18 heavy (non-hydrogen) atoms. The molecule has 1 rings (SSSR count). The van der Waals surface area contributed by atoms with Crippen molar-refractivity contribution in [2.45, 2.75) is 26.3 Å². The number of aliphatic imine (C=N–C) groups is 1. The quantitative estimate of drug-likeness (QED) is 0.458. The fourth-order valence-corrected chi connectivity index (χ4v) is 2.67. The van der Waals surface area contributed by atoms with Gasteiger partial charge >= 0.3 is 0 Å². The van der Waals surface area contributed by atoms with Crippen molar-refractivity contribution in [1.29, 1.82) is 0 Å². The Hall–Kier alpha value is -0.750. The first-order chi connectivity index (χ1) is 8.77. The van der Waals surface area contributed by atoms with E-state index in [2.05, 4.69) is 26.9 Å². The predicted molar refractivity (Wildman–Crippen MR) is 82.7 cm³/mol. The monoisotopic (exact) mass is 286 g/mol. The Balaban J connectivity index is 2.20. The SMILES string of the molecule is CN=C(NCCCCSC)NCc1scnc1C. The van der Waals surface area contributed by atoms with Gasteiger partial charge in [-0.2, -0.15) is 11.8 Å². The van der Waals surface area contributed by atoms with Gasteiger partial charge in [-0.1, -0.05) is 0 Å². The maximum atomic E-state index is 4.23. The van der Waals surface area contributed by atoms with Gasteiger partial charge in [-0.25, -0.2) is 4.98 Å². The van der Waals surface area contributed by atoms with Crippen LogP contribution >= 0.6 is 23.1 Å². The number of thioether (sulfide) groups is 1. The van der Waals surface area contributed by atoms with Crippen LogP contribution < -0.4 is 10.6 Å². The van der Waals surface area contributed by atoms with Crippen LogP contribution in [0.1, 0.15) is 23.4 Å². The summed E-state index contributed by atoms with van der Waals surface area (Å²) in [5, 5.41) is 6.63. The van der Waals surface area contributed by atoms with Crippen molar-refractivity contribution in [2.24, 2.45) is 4.99 Å². The van der Waals surface area contributed by atoms with Crippen LogP contribution in [0.15, 0.2) is 10.5 Å². The lowest BCUT2D eigenvalue weighted by Crippen LogP contribution is -2.37. The number of nitrogens with one attached hydrogen (secondary N) is 2. The Kier molecular flexibility index (Phi) is 7.84. The molecule has 6 heteroatoms. The number of aromatic nitrogens is 1. The molecule has 1 aromatic heterocycles. The van der Waals surface area contributed by atoms with Gasteiger partial charge in [0.2, 0.25) is 0 Å². The fraction of sp³-hybridized carbons (Fsp3) is 0.667. The van der Waals surface area contributed by atoms with Gasteiger partial charge in [-0.15, -0.1) is 11.3 Å². The summed E-state index contributed by atoms with van der Waals surface area (Å²) < 4.78 is 0. The van der Waals surface area contributed by atoms with Crippen molar-refractivity contribution in [3.8, 4) is 0 Å². The summed E-state index contributed by atoms with van der Waals surface area (Å²) in [6.45, 7) is 3.80. The van der Waals surface area contributed by atoms with E-state index in [9.17, 15) is 0 Å². The second-order valence-electron chi connectivity index (χ2n) is 3.91. The predicted octanol–water partition coefficient (Wildman–Crippen LogP) is 2.26. The van der Waals surface area contributed by atoms with E-state index < -0.39 is 0 Å². The molecule has 0 atom stereocenters. The molecule has 0 fully saturated rings. The lowest BCUT2D eigenvalue weighted by molar-refractivity contribution is 0.734. The summed E-state index contributed by atoms with van der Waals surface area (Å²) in [4.78, 5) is 9.70. The van der Waals surface area contributed by atoms with Crippen molar-refractivity contribution in [3.63, 3.8) is 0 Å². The van der Waals surface area contributed by atoms with Crippen LogP contribution in [-0.2, 0) is 6.54 Å². The van der Waals surface area contributed by atoms with E-state index in [1.807, 2.05) is 24.2 Å². The van der Waals surface area contributed by atoms with Crippen molar-refractivity contribution in [3.05, 3.63) is 16.1 Å². The van der Waals surface area contributed by atoms with E-state index in [-0.39, 0.29) is 0 Å². The van der Waals surface area contributed by atoms with E-state index in [0.717, 1.165) is 24.7 Å². The second-order valence-corrected chi connectivity index (χ2v) is 5.84. The molecular formula is C12H22N4S2. The molecule has 0 aliphatic carbocycles. The Labute approximate surface area is 118 Å². The minimum atomic E-state index is 0.793. The molecule has 0 bridgehead atoms. The molecule has 2 N–H and O–H groups in total. The van der Waals surface area contributed by atoms with Crippen molar-refractivity contribution >= 4 is 29.1 Å². The molecule has 0 aromatic carbocycles. The van der Waals surface area contributed by atoms with Crippen LogP contribution in [0.25, 0.3) is 0 Å². The minimum absolute atomic E-state index is 0.793. The Morgan fingerprint density at radius 2 is 2.28 bits per heavy atom. The molecule has 0 radical (unpaired) electrons. The van der Waals surface area contributed by atoms with E-state index >= 15 is 0 Å². The van der Waals surface area contributed by atoms with E-state index in [4.69, 9.17) is 0 Å². The zero-order valence-corrected chi connectivity index (χ0v) is 13.0. The largest absolute Gasteiger partial charge is 0.356 e. The topological polar surface area (TPSA) is 49.3 Å². The van der Waals surface area contributed by atoms with Crippen LogP contribution in [0.3, 0.4) is 0 Å². The number of thiazole rings is 1. The fourth-order valence-electron chi connectivity index (χ4n) is 1.46. The average Bonchev–Trinajstić information content (AvgIpc) is 2.78. The van der Waals surface area contributed by atoms with Crippen LogP contribution in [0, 0.1) is 6.92 Å². The summed E-state index contributed by atoms with van der Waals surface area (Å²) in [6, 6.07) is 0. The number of aryl methyl sites for hydroxylation is 1. The smallest absolute Gasteiger partial charge is 0.191 e. The third kappa shape index (κ3) is 5.73. The molecule has 4 nitrogen and oxygen atoms in total. The van der Waals surface area contributed by atoms with Crippen LogP contribution in [0.2, 0.25) is 0 Å². The molecule has 1 aromatic rings. The number of unbranched alkanes of at least 4 members (excludes halogenated alkanes) is 1. The highest BCUT2D eigenvalue weighted by Crippen LogP contribution is 2.10. The summed E-state index contributed by atoms with van der Waals surface area (Å²) >= 11 is 3.57. The van der Waals surface area contributed by atoms with Gasteiger partial charge < -0.3 is 10.6 Å². The summed E-state index contributed by atoms with van der Waals surface area (Å²) in [7, 11) is 1.80. The molecule has 102 valence electrons. The Morgan fingerprint density at radius 1 is 1.44 bits per heavy atom. The van der Waals surface area contributed by atoms with E-state index in [1.54, 1.807) is 18.4 Å². The summed E-state index contributed by atoms with van der Waals surface area (Å²) in [5.74, 6) is 2.10. The van der Waals surface area contributed by atoms with Gasteiger partial charge in [0.25, 0.3) is 0 Å². The molecule has 0 saturated heterocycles. The van der Waals surface area contributed by atoms with E-state index in [1.165, 1.54) is 23.5 Å². The van der Waals surface area contributed by atoms with Gasteiger partial charge in [-0.05, 0) is 31.8 Å². The van der Waals surface area contributed by atoms with Crippen LogP contribution in [-0.4, -0.2) is 36.5 Å². The third-order valence-corrected chi connectivity index (χ3v) is 4.18. The number of guanidine groups is 1. The van der Waals surface area contributed by atoms with Gasteiger partial charge in [-0.3, -0.25) is 4.99 Å². The highest BCUT2D eigenvalue weighted by molar-refractivity contribution is 7.98. The molecule has 1 heterocycles. The van der Waals surface area contributed by atoms with Gasteiger partial charge in [0.15, 0.2) is 5.96 Å². The molecule has 0 amide bonds. The first-order valence-corrected chi connectivity index (χ1v) is 8.37. The first-order valence-electron chi connectivity index (χ1n) is 6.10.